The lowest BCUT2D eigenvalue weighted by atomic mass is 9.94. The smallest absolute Gasteiger partial charge is 0.163 e. The Hall–Kier alpha value is -0.670. The summed E-state index contributed by atoms with van der Waals surface area (Å²) >= 11 is 0. The minimum Gasteiger partial charge on any atom is -0.348 e. The first-order chi connectivity index (χ1) is 7.07. The number of rotatable bonds is 2. The van der Waals surface area contributed by atoms with Gasteiger partial charge in [-0.05, 0) is 32.3 Å². The highest BCUT2D eigenvalue weighted by Gasteiger charge is 2.33. The van der Waals surface area contributed by atoms with Crippen LogP contribution in [-0.4, -0.2) is 24.3 Å². The molecule has 1 aliphatic carbocycles. The molecule has 0 saturated carbocycles. The maximum absolute atomic E-state index is 11.6. The number of hydrogen-bond acceptors (Lipinski definition) is 3. The molecule has 3 heteroatoms. The van der Waals surface area contributed by atoms with Crippen LogP contribution < -0.4 is 0 Å². The first kappa shape index (κ1) is 10.8. The van der Waals surface area contributed by atoms with Crippen molar-refractivity contribution >= 4 is 5.78 Å². The SMILES string of the molecule is CC1(C)OC[C@@H](CC2=CCCCC2=O)O1. The Bertz CT molecular complexity index is 291. The van der Waals surface area contributed by atoms with Crippen molar-refractivity contribution in [1.82, 2.24) is 0 Å². The van der Waals surface area contributed by atoms with Crippen molar-refractivity contribution in [2.75, 3.05) is 6.61 Å². The number of hydrogen-bond donors (Lipinski definition) is 0. The number of carbonyl (C=O) groups is 1. The van der Waals surface area contributed by atoms with Crippen molar-refractivity contribution in [2.24, 2.45) is 0 Å². The van der Waals surface area contributed by atoms with Gasteiger partial charge in [-0.1, -0.05) is 6.08 Å². The molecule has 0 N–H and O–H groups in total. The summed E-state index contributed by atoms with van der Waals surface area (Å²) in [5, 5.41) is 0. The normalized spacial score (nSPS) is 30.4. The number of allylic oxidation sites excluding steroid dienone is 1. The number of ether oxygens (including phenoxy) is 2. The Morgan fingerprint density at radius 2 is 2.33 bits per heavy atom. The Kier molecular flexibility index (Phi) is 2.94. The van der Waals surface area contributed by atoms with Crippen molar-refractivity contribution in [2.45, 2.75) is 51.4 Å². The summed E-state index contributed by atoms with van der Waals surface area (Å²) in [6, 6.07) is 0. The zero-order valence-electron chi connectivity index (χ0n) is 9.41. The standard InChI is InChI=1S/C12H18O3/c1-12(2)14-8-10(15-12)7-9-5-3-4-6-11(9)13/h5,10H,3-4,6-8H2,1-2H3/t10-/m1/s1. The molecular weight excluding hydrogens is 192 g/mol. The van der Waals surface area contributed by atoms with Gasteiger partial charge >= 0.3 is 0 Å². The molecule has 0 bridgehead atoms. The van der Waals surface area contributed by atoms with Gasteiger partial charge < -0.3 is 9.47 Å². The van der Waals surface area contributed by atoms with Crippen LogP contribution in [0.1, 0.15) is 39.5 Å². The molecule has 0 aromatic heterocycles. The summed E-state index contributed by atoms with van der Waals surface area (Å²) < 4.78 is 11.2. The second kappa shape index (κ2) is 4.06. The van der Waals surface area contributed by atoms with Gasteiger partial charge in [0.05, 0.1) is 12.7 Å². The van der Waals surface area contributed by atoms with Crippen LogP contribution in [0.15, 0.2) is 11.6 Å². The van der Waals surface area contributed by atoms with Crippen molar-refractivity contribution in [3.63, 3.8) is 0 Å². The quantitative estimate of drug-likeness (QED) is 0.701. The lowest BCUT2D eigenvalue weighted by molar-refractivity contribution is -0.138. The van der Waals surface area contributed by atoms with Crippen molar-refractivity contribution in [3.8, 4) is 0 Å². The Labute approximate surface area is 90.4 Å². The molecule has 0 amide bonds. The van der Waals surface area contributed by atoms with E-state index in [1.54, 1.807) is 0 Å². The van der Waals surface area contributed by atoms with E-state index in [2.05, 4.69) is 6.08 Å². The Morgan fingerprint density at radius 1 is 1.53 bits per heavy atom. The molecule has 2 rings (SSSR count). The van der Waals surface area contributed by atoms with Crippen LogP contribution >= 0.6 is 0 Å². The van der Waals surface area contributed by atoms with Gasteiger partial charge in [-0.2, -0.15) is 0 Å². The van der Waals surface area contributed by atoms with Crippen LogP contribution in [0.3, 0.4) is 0 Å². The third kappa shape index (κ3) is 2.67. The molecule has 2 aliphatic rings. The van der Waals surface area contributed by atoms with Gasteiger partial charge in [0.25, 0.3) is 0 Å². The lowest BCUT2D eigenvalue weighted by Gasteiger charge is -2.18. The van der Waals surface area contributed by atoms with E-state index in [4.69, 9.17) is 9.47 Å². The third-order valence-electron chi connectivity index (χ3n) is 2.87. The number of carbonyl (C=O) groups excluding carboxylic acids is 1. The molecule has 1 aliphatic heterocycles. The molecule has 0 radical (unpaired) electrons. The van der Waals surface area contributed by atoms with E-state index in [0.717, 1.165) is 18.4 Å². The van der Waals surface area contributed by atoms with Crippen LogP contribution in [0, 0.1) is 0 Å². The van der Waals surface area contributed by atoms with Gasteiger partial charge in [0, 0.05) is 12.8 Å². The zero-order chi connectivity index (χ0) is 10.9. The topological polar surface area (TPSA) is 35.5 Å². The molecule has 15 heavy (non-hydrogen) atoms. The molecule has 0 spiro atoms. The molecule has 84 valence electrons. The molecule has 1 fully saturated rings. The minimum absolute atomic E-state index is 0.0494. The summed E-state index contributed by atoms with van der Waals surface area (Å²) in [5.74, 6) is -0.197. The number of Topliss-reactive ketones (excluding diaryl/α,β-unsaturated/α-hetero) is 1. The maximum atomic E-state index is 11.6. The highest BCUT2D eigenvalue weighted by molar-refractivity contribution is 5.96. The predicted molar refractivity (Wildman–Crippen MR) is 56.5 cm³/mol. The van der Waals surface area contributed by atoms with E-state index in [9.17, 15) is 4.79 Å². The van der Waals surface area contributed by atoms with Crippen LogP contribution in [0.5, 0.6) is 0 Å². The van der Waals surface area contributed by atoms with Gasteiger partial charge in [-0.3, -0.25) is 4.79 Å². The first-order valence-corrected chi connectivity index (χ1v) is 5.61. The van der Waals surface area contributed by atoms with Crippen molar-refractivity contribution in [1.29, 1.82) is 0 Å². The molecular formula is C12H18O3. The molecule has 1 saturated heterocycles. The summed E-state index contributed by atoms with van der Waals surface area (Å²) in [5.41, 5.74) is 0.938. The predicted octanol–water partition coefficient (Wildman–Crippen LogP) is 2.21. The fraction of sp³-hybridized carbons (Fsp3) is 0.750. The van der Waals surface area contributed by atoms with Crippen LogP contribution in [0.4, 0.5) is 0 Å². The minimum atomic E-state index is -0.483. The lowest BCUT2D eigenvalue weighted by Crippen LogP contribution is -2.22. The summed E-state index contributed by atoms with van der Waals surface area (Å²) in [6.07, 6.45) is 5.53. The first-order valence-electron chi connectivity index (χ1n) is 5.61. The average Bonchev–Trinajstić information content (AvgIpc) is 2.50. The zero-order valence-corrected chi connectivity index (χ0v) is 9.41. The second-order valence-corrected chi connectivity index (χ2v) is 4.70. The average molecular weight is 210 g/mol. The summed E-state index contributed by atoms with van der Waals surface area (Å²) in [7, 11) is 0. The van der Waals surface area contributed by atoms with Crippen LogP contribution in [-0.2, 0) is 14.3 Å². The van der Waals surface area contributed by atoms with Gasteiger partial charge in [0.2, 0.25) is 0 Å². The van der Waals surface area contributed by atoms with Gasteiger partial charge in [0.15, 0.2) is 11.6 Å². The molecule has 0 aromatic carbocycles. The highest BCUT2D eigenvalue weighted by Crippen LogP contribution is 2.28. The van der Waals surface area contributed by atoms with Gasteiger partial charge in [0.1, 0.15) is 0 Å². The molecule has 0 aromatic rings. The molecule has 3 nitrogen and oxygen atoms in total. The van der Waals surface area contributed by atoms with Crippen molar-refractivity contribution < 1.29 is 14.3 Å². The van der Waals surface area contributed by atoms with Crippen LogP contribution in [0.2, 0.25) is 0 Å². The highest BCUT2D eigenvalue weighted by atomic mass is 16.7. The van der Waals surface area contributed by atoms with E-state index < -0.39 is 5.79 Å². The van der Waals surface area contributed by atoms with Gasteiger partial charge in [-0.25, -0.2) is 0 Å². The van der Waals surface area contributed by atoms with Crippen molar-refractivity contribution in [3.05, 3.63) is 11.6 Å². The summed E-state index contributed by atoms with van der Waals surface area (Å²) in [6.45, 7) is 4.41. The Morgan fingerprint density at radius 3 is 2.93 bits per heavy atom. The fourth-order valence-electron chi connectivity index (χ4n) is 2.12. The van der Waals surface area contributed by atoms with Gasteiger partial charge in [-0.15, -0.1) is 0 Å². The Balaban J connectivity index is 1.92. The van der Waals surface area contributed by atoms with Crippen LogP contribution in [0.25, 0.3) is 0 Å². The van der Waals surface area contributed by atoms with E-state index in [0.29, 0.717) is 19.4 Å². The van der Waals surface area contributed by atoms with E-state index >= 15 is 0 Å². The van der Waals surface area contributed by atoms with E-state index in [1.807, 2.05) is 13.8 Å². The number of ketones is 1. The largest absolute Gasteiger partial charge is 0.348 e. The van der Waals surface area contributed by atoms with E-state index in [1.165, 1.54) is 0 Å². The molecule has 0 unspecified atom stereocenters. The fourth-order valence-corrected chi connectivity index (χ4v) is 2.12. The third-order valence-corrected chi connectivity index (χ3v) is 2.87. The van der Waals surface area contributed by atoms with E-state index in [-0.39, 0.29) is 11.9 Å². The molecule has 1 atom stereocenters. The monoisotopic (exact) mass is 210 g/mol. The second-order valence-electron chi connectivity index (χ2n) is 4.70. The molecule has 1 heterocycles. The summed E-state index contributed by atoms with van der Waals surface area (Å²) in [4.78, 5) is 11.6. The maximum Gasteiger partial charge on any atom is 0.163 e.